The van der Waals surface area contributed by atoms with Gasteiger partial charge in [0.15, 0.2) is 11.5 Å². The van der Waals surface area contributed by atoms with Crippen molar-refractivity contribution in [3.8, 4) is 17.2 Å². The third kappa shape index (κ3) is 5.82. The summed E-state index contributed by atoms with van der Waals surface area (Å²) in [6, 6.07) is 13.3. The van der Waals surface area contributed by atoms with Crippen LogP contribution in [0.15, 0.2) is 64.7 Å². The molecule has 7 nitrogen and oxygen atoms in total. The van der Waals surface area contributed by atoms with Gasteiger partial charge in [0.25, 0.3) is 0 Å². The lowest BCUT2D eigenvalue weighted by Gasteiger charge is -2.13. The van der Waals surface area contributed by atoms with Crippen LogP contribution in [0, 0.1) is 0 Å². The third-order valence-corrected chi connectivity index (χ3v) is 3.97. The second-order valence-electron chi connectivity index (χ2n) is 5.38. The lowest BCUT2D eigenvalue weighted by Crippen LogP contribution is -2.10. The highest BCUT2D eigenvalue weighted by Gasteiger charge is 2.06. The van der Waals surface area contributed by atoms with Gasteiger partial charge in [0.2, 0.25) is 0 Å². The van der Waals surface area contributed by atoms with Crippen molar-refractivity contribution in [3.05, 3.63) is 65.2 Å². The van der Waals surface area contributed by atoms with E-state index in [0.29, 0.717) is 31.3 Å². The second kappa shape index (κ2) is 9.72. The summed E-state index contributed by atoms with van der Waals surface area (Å²) in [5.74, 6) is 2.12. The molecular weight excluding hydrogens is 412 g/mol. The molecule has 0 N–H and O–H groups in total. The first-order valence-corrected chi connectivity index (χ1v) is 9.21. The predicted octanol–water partition coefficient (Wildman–Crippen LogP) is 3.78. The molecule has 0 aliphatic heterocycles. The SMILES string of the molecule is CCOc1cc(/C=N/n2cnnc2)ccc1OCCOc1ccc(Br)cc1. The Balaban J connectivity index is 1.57. The molecule has 1 aromatic heterocycles. The van der Waals surface area contributed by atoms with Crippen molar-refractivity contribution in [2.75, 3.05) is 19.8 Å². The van der Waals surface area contributed by atoms with Crippen molar-refractivity contribution in [1.82, 2.24) is 14.9 Å². The number of benzene rings is 2. The maximum absolute atomic E-state index is 5.81. The van der Waals surface area contributed by atoms with Crippen LogP contribution in [0.4, 0.5) is 0 Å². The Hall–Kier alpha value is -2.87. The Morgan fingerprint density at radius 1 is 0.963 bits per heavy atom. The van der Waals surface area contributed by atoms with Gasteiger partial charge in [0.1, 0.15) is 31.6 Å². The maximum Gasteiger partial charge on any atom is 0.161 e. The van der Waals surface area contributed by atoms with Gasteiger partial charge in [0, 0.05) is 4.47 Å². The molecule has 0 atom stereocenters. The summed E-state index contributed by atoms with van der Waals surface area (Å²) < 4.78 is 19.7. The van der Waals surface area contributed by atoms with E-state index in [1.807, 2.05) is 49.4 Å². The van der Waals surface area contributed by atoms with Crippen LogP contribution in [0.3, 0.4) is 0 Å². The van der Waals surface area contributed by atoms with Crippen LogP contribution in [-0.2, 0) is 0 Å². The van der Waals surface area contributed by atoms with Crippen molar-refractivity contribution in [1.29, 1.82) is 0 Å². The summed E-state index contributed by atoms with van der Waals surface area (Å²) in [4.78, 5) is 0. The first kappa shape index (κ1) is 18.9. The fourth-order valence-corrected chi connectivity index (χ4v) is 2.49. The summed E-state index contributed by atoms with van der Waals surface area (Å²) in [5.41, 5.74) is 0.880. The molecule has 0 spiro atoms. The molecule has 140 valence electrons. The Kier molecular flexibility index (Phi) is 6.81. The molecule has 1 heterocycles. The number of ether oxygens (including phenoxy) is 3. The van der Waals surface area contributed by atoms with E-state index in [9.17, 15) is 0 Å². The van der Waals surface area contributed by atoms with Crippen LogP contribution < -0.4 is 14.2 Å². The van der Waals surface area contributed by atoms with Crippen molar-refractivity contribution < 1.29 is 14.2 Å². The normalized spacial score (nSPS) is 10.9. The lowest BCUT2D eigenvalue weighted by molar-refractivity contribution is 0.208. The van der Waals surface area contributed by atoms with Crippen molar-refractivity contribution in [2.45, 2.75) is 6.92 Å². The molecule has 3 aromatic rings. The Bertz CT molecular complexity index is 867. The van der Waals surface area contributed by atoms with Gasteiger partial charge in [-0.25, -0.2) is 4.68 Å². The monoisotopic (exact) mass is 430 g/mol. The van der Waals surface area contributed by atoms with Gasteiger partial charge in [-0.05, 0) is 55.0 Å². The van der Waals surface area contributed by atoms with E-state index in [-0.39, 0.29) is 0 Å². The Labute approximate surface area is 165 Å². The second-order valence-corrected chi connectivity index (χ2v) is 6.29. The zero-order valence-electron chi connectivity index (χ0n) is 14.8. The van der Waals surface area contributed by atoms with Gasteiger partial charge >= 0.3 is 0 Å². The fourth-order valence-electron chi connectivity index (χ4n) is 2.22. The van der Waals surface area contributed by atoms with Gasteiger partial charge in [-0.15, -0.1) is 10.2 Å². The molecule has 0 aliphatic rings. The Morgan fingerprint density at radius 3 is 2.44 bits per heavy atom. The summed E-state index contributed by atoms with van der Waals surface area (Å²) in [7, 11) is 0. The smallest absolute Gasteiger partial charge is 0.161 e. The molecule has 0 fully saturated rings. The Morgan fingerprint density at radius 2 is 1.70 bits per heavy atom. The van der Waals surface area contributed by atoms with Crippen molar-refractivity contribution >= 4 is 22.1 Å². The molecule has 0 saturated heterocycles. The van der Waals surface area contributed by atoms with E-state index in [2.05, 4.69) is 31.2 Å². The fraction of sp³-hybridized carbons (Fsp3) is 0.211. The predicted molar refractivity (Wildman–Crippen MR) is 106 cm³/mol. The summed E-state index contributed by atoms with van der Waals surface area (Å²) in [6.07, 6.45) is 4.73. The highest BCUT2D eigenvalue weighted by molar-refractivity contribution is 9.10. The molecule has 0 radical (unpaired) electrons. The van der Waals surface area contributed by atoms with E-state index >= 15 is 0 Å². The van der Waals surface area contributed by atoms with E-state index in [0.717, 1.165) is 15.8 Å². The largest absolute Gasteiger partial charge is 0.490 e. The molecule has 0 saturated carbocycles. The number of nitrogens with zero attached hydrogens (tertiary/aromatic N) is 4. The molecule has 27 heavy (non-hydrogen) atoms. The minimum atomic E-state index is 0.407. The molecule has 2 aromatic carbocycles. The van der Waals surface area contributed by atoms with Crippen LogP contribution in [-0.4, -0.2) is 40.9 Å². The summed E-state index contributed by atoms with van der Waals surface area (Å²) in [6.45, 7) is 3.31. The highest BCUT2D eigenvalue weighted by atomic mass is 79.9. The van der Waals surface area contributed by atoms with Crippen molar-refractivity contribution in [3.63, 3.8) is 0 Å². The van der Waals surface area contributed by atoms with Crippen molar-refractivity contribution in [2.24, 2.45) is 5.10 Å². The van der Waals surface area contributed by atoms with E-state index < -0.39 is 0 Å². The molecule has 0 aliphatic carbocycles. The molecular formula is C19H19BrN4O3. The summed E-state index contributed by atoms with van der Waals surface area (Å²) in [5, 5.41) is 11.6. The van der Waals surface area contributed by atoms with Gasteiger partial charge in [-0.2, -0.15) is 5.10 Å². The van der Waals surface area contributed by atoms with E-state index in [1.165, 1.54) is 17.3 Å². The number of hydrogen-bond acceptors (Lipinski definition) is 6. The quantitative estimate of drug-likeness (QED) is 0.381. The first-order valence-electron chi connectivity index (χ1n) is 8.41. The standard InChI is InChI=1S/C19H19BrN4O3/c1-2-25-19-11-15(12-23-24-13-21-22-14-24)3-8-18(19)27-10-9-26-17-6-4-16(20)5-7-17/h3-8,11-14H,2,9-10H2,1H3/b23-12+. The van der Waals surface area contributed by atoms with Crippen LogP contribution in [0.25, 0.3) is 0 Å². The topological polar surface area (TPSA) is 70.8 Å². The van der Waals surface area contributed by atoms with Crippen LogP contribution >= 0.6 is 15.9 Å². The van der Waals surface area contributed by atoms with Gasteiger partial charge in [-0.1, -0.05) is 15.9 Å². The molecule has 8 heteroatoms. The maximum atomic E-state index is 5.81. The van der Waals surface area contributed by atoms with Gasteiger partial charge in [-0.3, -0.25) is 0 Å². The number of rotatable bonds is 9. The van der Waals surface area contributed by atoms with Crippen LogP contribution in [0.1, 0.15) is 12.5 Å². The minimum Gasteiger partial charge on any atom is -0.490 e. The molecule has 0 bridgehead atoms. The zero-order chi connectivity index (χ0) is 18.9. The number of halogens is 1. The van der Waals surface area contributed by atoms with E-state index in [4.69, 9.17) is 14.2 Å². The minimum absolute atomic E-state index is 0.407. The van der Waals surface area contributed by atoms with E-state index in [1.54, 1.807) is 6.21 Å². The highest BCUT2D eigenvalue weighted by Crippen LogP contribution is 2.28. The summed E-state index contributed by atoms with van der Waals surface area (Å²) >= 11 is 3.40. The van der Waals surface area contributed by atoms with Crippen LogP contribution in [0.2, 0.25) is 0 Å². The lowest BCUT2D eigenvalue weighted by atomic mass is 10.2. The average molecular weight is 431 g/mol. The zero-order valence-corrected chi connectivity index (χ0v) is 16.4. The molecule has 0 amide bonds. The van der Waals surface area contributed by atoms with Crippen LogP contribution in [0.5, 0.6) is 17.2 Å². The molecule has 3 rings (SSSR count). The first-order chi connectivity index (χ1) is 13.2. The number of hydrogen-bond donors (Lipinski definition) is 0. The van der Waals surface area contributed by atoms with Gasteiger partial charge < -0.3 is 14.2 Å². The average Bonchev–Trinajstić information content (AvgIpc) is 3.20. The molecule has 0 unspecified atom stereocenters. The third-order valence-electron chi connectivity index (χ3n) is 3.44. The number of aromatic nitrogens is 3. The van der Waals surface area contributed by atoms with Gasteiger partial charge in [0.05, 0.1) is 12.8 Å².